The minimum atomic E-state index is -0.346. The molecular formula is C16H22ClNO. The van der Waals surface area contributed by atoms with Crippen molar-refractivity contribution < 1.29 is 4.79 Å². The van der Waals surface area contributed by atoms with E-state index in [0.29, 0.717) is 5.02 Å². The van der Waals surface area contributed by atoms with E-state index in [-0.39, 0.29) is 11.3 Å². The van der Waals surface area contributed by atoms with Gasteiger partial charge in [0.25, 0.3) is 0 Å². The Hall–Kier alpha value is -0.860. The van der Waals surface area contributed by atoms with Gasteiger partial charge in [-0.25, -0.2) is 0 Å². The van der Waals surface area contributed by atoms with Crippen molar-refractivity contribution in [3.05, 3.63) is 34.9 Å². The average Bonchev–Trinajstić information content (AvgIpc) is 2.95. The first-order valence-corrected chi connectivity index (χ1v) is 7.57. The second-order valence-electron chi connectivity index (χ2n) is 5.27. The van der Waals surface area contributed by atoms with Crippen molar-refractivity contribution in [1.29, 1.82) is 0 Å². The van der Waals surface area contributed by atoms with Crippen LogP contribution in [0.1, 0.15) is 49.9 Å². The second kappa shape index (κ2) is 6.06. The summed E-state index contributed by atoms with van der Waals surface area (Å²) in [5, 5.41) is 0.633. The summed E-state index contributed by atoms with van der Waals surface area (Å²) in [4.78, 5) is 15.3. The maximum absolute atomic E-state index is 13.0. The van der Waals surface area contributed by atoms with E-state index in [9.17, 15) is 4.79 Å². The van der Waals surface area contributed by atoms with Gasteiger partial charge in [0.05, 0.1) is 5.54 Å². The normalized spacial score (nSPS) is 16.8. The highest BCUT2D eigenvalue weighted by Gasteiger charge is 2.41. The standard InChI is InChI=1S/C16H22ClNO/c1-3-16(4-2,18-10-5-6-11-18)15(19)13-8-7-9-14(17)12-13/h7-9,12H,3-6,10-11H2,1-2H3. The molecule has 0 aliphatic carbocycles. The highest BCUT2D eigenvalue weighted by molar-refractivity contribution is 6.31. The lowest BCUT2D eigenvalue weighted by Gasteiger charge is -2.39. The van der Waals surface area contributed by atoms with Crippen molar-refractivity contribution in [1.82, 2.24) is 4.90 Å². The lowest BCUT2D eigenvalue weighted by atomic mass is 9.82. The smallest absolute Gasteiger partial charge is 0.183 e. The number of ketones is 1. The third-order valence-electron chi connectivity index (χ3n) is 4.39. The van der Waals surface area contributed by atoms with Crippen LogP contribution in [-0.4, -0.2) is 29.3 Å². The highest BCUT2D eigenvalue weighted by atomic mass is 35.5. The van der Waals surface area contributed by atoms with E-state index in [1.807, 2.05) is 18.2 Å². The predicted octanol–water partition coefficient (Wildman–Crippen LogP) is 4.18. The fourth-order valence-corrected chi connectivity index (χ4v) is 3.40. The zero-order valence-corrected chi connectivity index (χ0v) is 12.5. The van der Waals surface area contributed by atoms with E-state index >= 15 is 0 Å². The minimum Gasteiger partial charge on any atom is -0.292 e. The molecule has 0 N–H and O–H groups in total. The number of rotatable bonds is 5. The van der Waals surface area contributed by atoms with Crippen LogP contribution in [0.4, 0.5) is 0 Å². The molecule has 1 aliphatic rings. The molecule has 0 radical (unpaired) electrons. The van der Waals surface area contributed by atoms with Gasteiger partial charge in [0.15, 0.2) is 5.78 Å². The first kappa shape index (κ1) is 14.5. The lowest BCUT2D eigenvalue weighted by Crippen LogP contribution is -2.52. The van der Waals surface area contributed by atoms with E-state index in [0.717, 1.165) is 31.5 Å². The molecule has 0 spiro atoms. The Kier molecular flexibility index (Phi) is 4.64. The SMILES string of the molecule is CCC(CC)(C(=O)c1cccc(Cl)c1)N1CCCC1. The topological polar surface area (TPSA) is 20.3 Å². The molecule has 0 aromatic heterocycles. The van der Waals surface area contributed by atoms with E-state index in [2.05, 4.69) is 18.7 Å². The molecule has 19 heavy (non-hydrogen) atoms. The van der Waals surface area contributed by atoms with Gasteiger partial charge in [-0.15, -0.1) is 0 Å². The molecule has 1 aromatic rings. The summed E-state index contributed by atoms with van der Waals surface area (Å²) in [5.41, 5.74) is 0.393. The number of hydrogen-bond acceptors (Lipinski definition) is 2. The Morgan fingerprint density at radius 1 is 1.26 bits per heavy atom. The third kappa shape index (κ3) is 2.70. The maximum atomic E-state index is 13.0. The minimum absolute atomic E-state index is 0.224. The van der Waals surface area contributed by atoms with Crippen LogP contribution < -0.4 is 0 Å². The van der Waals surface area contributed by atoms with Gasteiger partial charge < -0.3 is 0 Å². The summed E-state index contributed by atoms with van der Waals surface area (Å²) in [6.07, 6.45) is 4.11. The molecule has 1 saturated heterocycles. The molecule has 1 aliphatic heterocycles. The van der Waals surface area contributed by atoms with Crippen LogP contribution in [0.5, 0.6) is 0 Å². The molecule has 0 saturated carbocycles. The number of halogens is 1. The van der Waals surface area contributed by atoms with Crippen LogP contribution in [0, 0.1) is 0 Å². The van der Waals surface area contributed by atoms with Crippen LogP contribution in [0.3, 0.4) is 0 Å². The highest BCUT2D eigenvalue weighted by Crippen LogP contribution is 2.32. The number of hydrogen-bond donors (Lipinski definition) is 0. The number of nitrogens with zero attached hydrogens (tertiary/aromatic N) is 1. The molecule has 1 aromatic carbocycles. The van der Waals surface area contributed by atoms with E-state index in [4.69, 9.17) is 11.6 Å². The lowest BCUT2D eigenvalue weighted by molar-refractivity contribution is 0.0581. The Labute approximate surface area is 120 Å². The number of likely N-dealkylation sites (tertiary alicyclic amines) is 1. The molecule has 0 bridgehead atoms. The van der Waals surface area contributed by atoms with Crippen LogP contribution >= 0.6 is 11.6 Å². The Morgan fingerprint density at radius 2 is 1.89 bits per heavy atom. The van der Waals surface area contributed by atoms with Crippen LogP contribution in [0.15, 0.2) is 24.3 Å². The Balaban J connectivity index is 2.35. The first-order chi connectivity index (χ1) is 9.14. The summed E-state index contributed by atoms with van der Waals surface area (Å²) < 4.78 is 0. The van der Waals surface area contributed by atoms with Crippen LogP contribution in [0.25, 0.3) is 0 Å². The maximum Gasteiger partial charge on any atom is 0.183 e. The van der Waals surface area contributed by atoms with Gasteiger partial charge in [-0.3, -0.25) is 9.69 Å². The molecule has 104 valence electrons. The predicted molar refractivity (Wildman–Crippen MR) is 79.9 cm³/mol. The first-order valence-electron chi connectivity index (χ1n) is 7.19. The summed E-state index contributed by atoms with van der Waals surface area (Å²) in [6, 6.07) is 7.34. The molecule has 0 atom stereocenters. The zero-order valence-electron chi connectivity index (χ0n) is 11.8. The molecule has 0 amide bonds. The van der Waals surface area contributed by atoms with Gasteiger partial charge in [0, 0.05) is 10.6 Å². The van der Waals surface area contributed by atoms with E-state index in [1.54, 1.807) is 6.07 Å². The quantitative estimate of drug-likeness (QED) is 0.754. The molecule has 1 heterocycles. The van der Waals surface area contributed by atoms with Crippen molar-refractivity contribution >= 4 is 17.4 Å². The number of carbonyl (C=O) groups excluding carboxylic acids is 1. The van der Waals surface area contributed by atoms with Gasteiger partial charge in [0.1, 0.15) is 0 Å². The van der Waals surface area contributed by atoms with Crippen molar-refractivity contribution in [3.8, 4) is 0 Å². The van der Waals surface area contributed by atoms with Crippen molar-refractivity contribution in [2.75, 3.05) is 13.1 Å². The summed E-state index contributed by atoms with van der Waals surface area (Å²) in [5.74, 6) is 0.224. The van der Waals surface area contributed by atoms with Crippen molar-refractivity contribution in [3.63, 3.8) is 0 Å². The summed E-state index contributed by atoms with van der Waals surface area (Å²) in [7, 11) is 0. The van der Waals surface area contributed by atoms with Gasteiger partial charge >= 0.3 is 0 Å². The van der Waals surface area contributed by atoms with E-state index in [1.165, 1.54) is 12.8 Å². The van der Waals surface area contributed by atoms with Gasteiger partial charge in [-0.2, -0.15) is 0 Å². The monoisotopic (exact) mass is 279 g/mol. The second-order valence-corrected chi connectivity index (χ2v) is 5.71. The Bertz CT molecular complexity index is 448. The average molecular weight is 280 g/mol. The van der Waals surface area contributed by atoms with Crippen LogP contribution in [0.2, 0.25) is 5.02 Å². The largest absolute Gasteiger partial charge is 0.292 e. The molecule has 1 fully saturated rings. The van der Waals surface area contributed by atoms with Gasteiger partial charge in [0.2, 0.25) is 0 Å². The van der Waals surface area contributed by atoms with Crippen LogP contribution in [-0.2, 0) is 0 Å². The summed E-state index contributed by atoms with van der Waals surface area (Å²) >= 11 is 6.02. The van der Waals surface area contributed by atoms with Gasteiger partial charge in [-0.1, -0.05) is 37.6 Å². The summed E-state index contributed by atoms with van der Waals surface area (Å²) in [6.45, 7) is 6.30. The van der Waals surface area contributed by atoms with Crippen molar-refractivity contribution in [2.24, 2.45) is 0 Å². The fraction of sp³-hybridized carbons (Fsp3) is 0.562. The molecule has 2 nitrogen and oxygen atoms in total. The van der Waals surface area contributed by atoms with Gasteiger partial charge in [-0.05, 0) is 50.9 Å². The molecular weight excluding hydrogens is 258 g/mol. The molecule has 2 rings (SSSR count). The molecule has 0 unspecified atom stereocenters. The van der Waals surface area contributed by atoms with E-state index < -0.39 is 0 Å². The number of Topliss-reactive ketones (excluding diaryl/α,β-unsaturated/α-hetero) is 1. The number of carbonyl (C=O) groups is 1. The fourth-order valence-electron chi connectivity index (χ4n) is 3.21. The third-order valence-corrected chi connectivity index (χ3v) is 4.63. The molecule has 3 heteroatoms. The zero-order chi connectivity index (χ0) is 13.9. The van der Waals surface area contributed by atoms with Crippen molar-refractivity contribution in [2.45, 2.75) is 45.1 Å². The Morgan fingerprint density at radius 3 is 2.42 bits per heavy atom. The number of benzene rings is 1.